The Morgan fingerprint density at radius 3 is 0.797 bits per heavy atom. The highest BCUT2D eigenvalue weighted by Crippen LogP contribution is 2.42. The molecule has 0 amide bonds. The molecule has 4 nitrogen and oxygen atoms in total. The van der Waals surface area contributed by atoms with Gasteiger partial charge in [-0.05, 0) is 98.2 Å². The molecule has 0 heterocycles. The molecular weight excluding hydrogens is 785 g/mol. The maximum atomic E-state index is 6.62. The first-order valence-corrected chi connectivity index (χ1v) is 27.4. The van der Waals surface area contributed by atoms with Crippen LogP contribution < -0.4 is 18.9 Å². The lowest BCUT2D eigenvalue weighted by atomic mass is 9.91. The Hall–Kier alpha value is -3.14. The molecule has 0 N–H and O–H groups in total. The highest BCUT2D eigenvalue weighted by Gasteiger charge is 2.17. The van der Waals surface area contributed by atoms with Crippen LogP contribution in [0.1, 0.15) is 244 Å². The van der Waals surface area contributed by atoms with Gasteiger partial charge >= 0.3 is 0 Å². The second kappa shape index (κ2) is 37.0. The second-order valence-corrected chi connectivity index (χ2v) is 19.1. The van der Waals surface area contributed by atoms with Gasteiger partial charge in [0.1, 0.15) is 23.0 Å². The Morgan fingerprint density at radius 1 is 0.266 bits per heavy atom. The van der Waals surface area contributed by atoms with Crippen molar-refractivity contribution < 1.29 is 18.9 Å². The summed E-state index contributed by atoms with van der Waals surface area (Å²) >= 11 is 0. The summed E-state index contributed by atoms with van der Waals surface area (Å²) in [6.07, 6.45) is 41.4. The van der Waals surface area contributed by atoms with Crippen molar-refractivity contribution in [1.82, 2.24) is 0 Å². The number of ether oxygens (including phenoxy) is 4. The van der Waals surface area contributed by atoms with Crippen molar-refractivity contribution in [2.45, 2.75) is 247 Å². The third kappa shape index (κ3) is 23.9. The average molecular weight is 883 g/mol. The molecule has 3 aromatic carbocycles. The predicted octanol–water partition coefficient (Wildman–Crippen LogP) is 19.7. The Kier molecular flexibility index (Phi) is 31.9. The molecule has 0 saturated heterocycles. The van der Waals surface area contributed by atoms with Crippen LogP contribution in [-0.4, -0.2) is 26.4 Å². The largest absolute Gasteiger partial charge is 0.494 e. The average Bonchev–Trinajstić information content (AvgIpc) is 3.30. The fraction of sp³-hybridized carbons (Fsp3) is 0.700. The minimum atomic E-state index is 0.738. The minimum Gasteiger partial charge on any atom is -0.494 e. The van der Waals surface area contributed by atoms with E-state index in [9.17, 15) is 0 Å². The lowest BCUT2D eigenvalue weighted by molar-refractivity contribution is 0.297. The molecule has 3 rings (SSSR count). The second-order valence-electron chi connectivity index (χ2n) is 19.1. The number of hydrogen-bond donors (Lipinski definition) is 0. The molecule has 0 spiro atoms. The molecule has 0 aliphatic rings. The van der Waals surface area contributed by atoms with E-state index >= 15 is 0 Å². The first kappa shape index (κ1) is 55.2. The monoisotopic (exact) mass is 883 g/mol. The van der Waals surface area contributed by atoms with Crippen molar-refractivity contribution in [3.8, 4) is 45.3 Å². The summed E-state index contributed by atoms with van der Waals surface area (Å²) in [5.74, 6) is 3.75. The SMILES string of the molecule is CCCCCCCCCCOc1ccc(OCCCCCCCCCC)c(-c2cc(C)c(-c3cc(OCCCCCCCCCC)ccc3OCCCCCCCCCC)cc2C)c1. The lowest BCUT2D eigenvalue weighted by Crippen LogP contribution is -2.03. The van der Waals surface area contributed by atoms with Gasteiger partial charge in [0.15, 0.2) is 0 Å². The van der Waals surface area contributed by atoms with Crippen LogP contribution >= 0.6 is 0 Å². The highest BCUT2D eigenvalue weighted by atomic mass is 16.5. The van der Waals surface area contributed by atoms with Crippen LogP contribution in [0.3, 0.4) is 0 Å². The van der Waals surface area contributed by atoms with E-state index in [-0.39, 0.29) is 0 Å². The normalized spacial score (nSPS) is 11.3. The van der Waals surface area contributed by atoms with Crippen LogP contribution in [0.2, 0.25) is 0 Å². The molecule has 64 heavy (non-hydrogen) atoms. The van der Waals surface area contributed by atoms with Crippen LogP contribution in [0.25, 0.3) is 22.3 Å². The molecule has 0 aliphatic carbocycles. The van der Waals surface area contributed by atoms with Gasteiger partial charge in [-0.15, -0.1) is 0 Å². The van der Waals surface area contributed by atoms with Crippen molar-refractivity contribution in [1.29, 1.82) is 0 Å². The predicted molar refractivity (Wildman–Crippen MR) is 279 cm³/mol. The molecule has 0 atom stereocenters. The zero-order valence-corrected chi connectivity index (χ0v) is 42.7. The maximum Gasteiger partial charge on any atom is 0.127 e. The lowest BCUT2D eigenvalue weighted by Gasteiger charge is -2.20. The van der Waals surface area contributed by atoms with Gasteiger partial charge in [0.2, 0.25) is 0 Å². The smallest absolute Gasteiger partial charge is 0.127 e. The Bertz CT molecular complexity index is 1460. The van der Waals surface area contributed by atoms with E-state index in [0.717, 1.165) is 86.2 Å². The standard InChI is InChI=1S/C60H98O4/c1-7-11-15-19-23-27-31-35-43-61-53-39-41-59(63-45-37-33-29-25-21-17-13-9-3)57(49-53)55-47-52(6)56(48-51(55)5)58-50-54(62-44-36-32-28-24-20-16-12-8-2)40-42-60(58)64-46-38-34-30-26-22-18-14-10-4/h39-42,47-50H,7-38,43-46H2,1-6H3. The molecule has 0 fully saturated rings. The van der Waals surface area contributed by atoms with Gasteiger partial charge in [-0.3, -0.25) is 0 Å². The van der Waals surface area contributed by atoms with Crippen molar-refractivity contribution in [2.75, 3.05) is 26.4 Å². The zero-order valence-electron chi connectivity index (χ0n) is 42.7. The number of benzene rings is 3. The number of aryl methyl sites for hydroxylation is 2. The Morgan fingerprint density at radius 2 is 0.516 bits per heavy atom. The Labute approximate surface area is 395 Å². The summed E-state index contributed by atoms with van der Waals surface area (Å²) in [4.78, 5) is 0. The molecule has 362 valence electrons. The molecule has 0 bridgehead atoms. The molecule has 3 aromatic rings. The van der Waals surface area contributed by atoms with E-state index in [4.69, 9.17) is 18.9 Å². The van der Waals surface area contributed by atoms with Gasteiger partial charge < -0.3 is 18.9 Å². The number of hydrogen-bond acceptors (Lipinski definition) is 4. The minimum absolute atomic E-state index is 0.738. The summed E-state index contributed by atoms with van der Waals surface area (Å²) in [6.45, 7) is 16.6. The summed E-state index contributed by atoms with van der Waals surface area (Å²) in [5.41, 5.74) is 7.08. The topological polar surface area (TPSA) is 36.9 Å². The van der Waals surface area contributed by atoms with Crippen LogP contribution in [-0.2, 0) is 0 Å². The van der Waals surface area contributed by atoms with Crippen molar-refractivity contribution >= 4 is 0 Å². The van der Waals surface area contributed by atoms with Crippen molar-refractivity contribution in [2.24, 2.45) is 0 Å². The van der Waals surface area contributed by atoms with E-state index in [2.05, 4.69) is 90.1 Å². The molecular formula is C60H98O4. The molecule has 0 saturated carbocycles. The molecule has 0 unspecified atom stereocenters. The van der Waals surface area contributed by atoms with Gasteiger partial charge in [-0.1, -0.05) is 220 Å². The van der Waals surface area contributed by atoms with Crippen molar-refractivity contribution in [3.63, 3.8) is 0 Å². The summed E-state index contributed by atoms with van der Waals surface area (Å²) in [6, 6.07) is 17.7. The third-order valence-electron chi connectivity index (χ3n) is 13.1. The van der Waals surface area contributed by atoms with Crippen LogP contribution in [0.5, 0.6) is 23.0 Å². The fourth-order valence-electron chi connectivity index (χ4n) is 8.96. The van der Waals surface area contributed by atoms with E-state index in [1.165, 1.54) is 202 Å². The van der Waals surface area contributed by atoms with Gasteiger partial charge in [0.05, 0.1) is 26.4 Å². The maximum absolute atomic E-state index is 6.62. The molecule has 4 heteroatoms. The van der Waals surface area contributed by atoms with Gasteiger partial charge in [0, 0.05) is 11.1 Å². The van der Waals surface area contributed by atoms with Crippen LogP contribution in [0.4, 0.5) is 0 Å². The van der Waals surface area contributed by atoms with E-state index in [0.29, 0.717) is 0 Å². The third-order valence-corrected chi connectivity index (χ3v) is 13.1. The quantitative estimate of drug-likeness (QED) is 0.0531. The number of rotatable bonds is 42. The first-order valence-electron chi connectivity index (χ1n) is 27.4. The summed E-state index contributed by atoms with van der Waals surface area (Å²) in [5, 5.41) is 0. The molecule has 0 aromatic heterocycles. The highest BCUT2D eigenvalue weighted by molar-refractivity contribution is 5.82. The first-order chi connectivity index (χ1) is 31.5. The van der Waals surface area contributed by atoms with E-state index in [1.807, 2.05) is 0 Å². The zero-order chi connectivity index (χ0) is 45.7. The van der Waals surface area contributed by atoms with Crippen LogP contribution in [0, 0.1) is 13.8 Å². The van der Waals surface area contributed by atoms with Crippen molar-refractivity contribution in [3.05, 3.63) is 59.7 Å². The Balaban J connectivity index is 1.79. The van der Waals surface area contributed by atoms with Gasteiger partial charge in [0.25, 0.3) is 0 Å². The van der Waals surface area contributed by atoms with E-state index < -0.39 is 0 Å². The molecule has 0 aliphatic heterocycles. The summed E-state index contributed by atoms with van der Waals surface area (Å²) < 4.78 is 26.1. The summed E-state index contributed by atoms with van der Waals surface area (Å²) in [7, 11) is 0. The van der Waals surface area contributed by atoms with E-state index in [1.54, 1.807) is 0 Å². The fourth-order valence-corrected chi connectivity index (χ4v) is 8.96. The number of unbranched alkanes of at least 4 members (excludes halogenated alkanes) is 28. The molecule has 0 radical (unpaired) electrons. The van der Waals surface area contributed by atoms with Crippen LogP contribution in [0.15, 0.2) is 48.5 Å². The van der Waals surface area contributed by atoms with Gasteiger partial charge in [-0.2, -0.15) is 0 Å². The van der Waals surface area contributed by atoms with Gasteiger partial charge in [-0.25, -0.2) is 0 Å².